The summed E-state index contributed by atoms with van der Waals surface area (Å²) in [5.41, 5.74) is 4.05. The van der Waals surface area contributed by atoms with Crippen molar-refractivity contribution in [3.63, 3.8) is 0 Å². The second-order valence-corrected chi connectivity index (χ2v) is 8.15. The average Bonchev–Trinajstić information content (AvgIpc) is 2.83. The van der Waals surface area contributed by atoms with Gasteiger partial charge in [0, 0.05) is 5.56 Å². The summed E-state index contributed by atoms with van der Waals surface area (Å²) in [7, 11) is 3.29. The number of fused-ring (bicyclic) bond motifs is 1. The first-order valence-electron chi connectivity index (χ1n) is 10.8. The van der Waals surface area contributed by atoms with Crippen molar-refractivity contribution in [1.29, 1.82) is 0 Å². The number of methoxy groups -OCH3 is 2. The van der Waals surface area contributed by atoms with Gasteiger partial charge < -0.3 is 9.47 Å². The normalized spacial score (nSPS) is 11.5. The van der Waals surface area contributed by atoms with Crippen molar-refractivity contribution in [2.24, 2.45) is 5.10 Å². The van der Waals surface area contributed by atoms with Gasteiger partial charge in [-0.2, -0.15) is 9.78 Å². The van der Waals surface area contributed by atoms with E-state index in [1.165, 1.54) is 4.68 Å². The minimum absolute atomic E-state index is 0.226. The maximum Gasteiger partial charge on any atom is 0.282 e. The van der Waals surface area contributed by atoms with Crippen LogP contribution in [0.3, 0.4) is 0 Å². The van der Waals surface area contributed by atoms with Crippen LogP contribution in [0.25, 0.3) is 22.3 Å². The summed E-state index contributed by atoms with van der Waals surface area (Å²) in [5, 5.41) is 5.08. The Morgan fingerprint density at radius 3 is 2.52 bits per heavy atom. The van der Waals surface area contributed by atoms with Crippen LogP contribution >= 0.6 is 0 Å². The number of benzene rings is 3. The van der Waals surface area contributed by atoms with Gasteiger partial charge in [-0.1, -0.05) is 38.1 Å². The van der Waals surface area contributed by atoms with Crippen LogP contribution in [0.1, 0.15) is 36.5 Å². The van der Waals surface area contributed by atoms with Gasteiger partial charge in [0.15, 0.2) is 5.82 Å². The van der Waals surface area contributed by atoms with E-state index in [1.807, 2.05) is 61.5 Å². The molecule has 168 valence electrons. The molecule has 0 unspecified atom stereocenters. The molecule has 0 aliphatic heterocycles. The number of rotatable bonds is 6. The summed E-state index contributed by atoms with van der Waals surface area (Å²) in [4.78, 5) is 18.3. The molecular weight excluding hydrogens is 414 g/mol. The fourth-order valence-electron chi connectivity index (χ4n) is 3.82. The molecule has 0 saturated carbocycles. The van der Waals surface area contributed by atoms with Gasteiger partial charge in [0.2, 0.25) is 0 Å². The number of ether oxygens (including phenoxy) is 2. The van der Waals surface area contributed by atoms with Crippen molar-refractivity contribution in [2.75, 3.05) is 14.2 Å². The summed E-state index contributed by atoms with van der Waals surface area (Å²) in [6.45, 7) is 6.21. The first-order chi connectivity index (χ1) is 15.9. The predicted molar refractivity (Wildman–Crippen MR) is 133 cm³/mol. The van der Waals surface area contributed by atoms with Crippen molar-refractivity contribution >= 4 is 17.1 Å². The Hall–Kier alpha value is -3.93. The van der Waals surface area contributed by atoms with Crippen molar-refractivity contribution in [2.45, 2.75) is 26.7 Å². The maximum absolute atomic E-state index is 13.5. The molecule has 33 heavy (non-hydrogen) atoms. The van der Waals surface area contributed by atoms with E-state index in [0.717, 1.165) is 33.8 Å². The summed E-state index contributed by atoms with van der Waals surface area (Å²) in [5.74, 6) is 2.26. The highest BCUT2D eigenvalue weighted by Crippen LogP contribution is 2.34. The van der Waals surface area contributed by atoms with Crippen LogP contribution in [0, 0.1) is 6.92 Å². The Morgan fingerprint density at radius 1 is 1.00 bits per heavy atom. The molecule has 3 aromatic carbocycles. The quantitative estimate of drug-likeness (QED) is 0.376. The van der Waals surface area contributed by atoms with Gasteiger partial charge in [0.25, 0.3) is 5.56 Å². The average molecular weight is 442 g/mol. The number of nitrogens with zero attached hydrogens (tertiary/aromatic N) is 3. The van der Waals surface area contributed by atoms with Crippen LogP contribution in [-0.4, -0.2) is 30.1 Å². The third-order valence-corrected chi connectivity index (χ3v) is 5.61. The number of aryl methyl sites for hydroxylation is 1. The molecule has 0 fully saturated rings. The molecular formula is C27H27N3O3. The zero-order valence-electron chi connectivity index (χ0n) is 19.5. The van der Waals surface area contributed by atoms with E-state index in [0.29, 0.717) is 16.7 Å². The minimum atomic E-state index is -0.226. The van der Waals surface area contributed by atoms with Crippen molar-refractivity contribution in [3.8, 4) is 22.9 Å². The van der Waals surface area contributed by atoms with E-state index in [9.17, 15) is 4.79 Å². The molecule has 1 aromatic heterocycles. The lowest BCUT2D eigenvalue weighted by Crippen LogP contribution is -2.20. The largest absolute Gasteiger partial charge is 0.497 e. The number of hydrogen-bond acceptors (Lipinski definition) is 5. The van der Waals surface area contributed by atoms with Crippen LogP contribution in [-0.2, 0) is 0 Å². The predicted octanol–water partition coefficient (Wildman–Crippen LogP) is 5.39. The molecule has 0 aliphatic carbocycles. The Labute approximate surface area is 193 Å². The van der Waals surface area contributed by atoms with Gasteiger partial charge in [-0.25, -0.2) is 4.98 Å². The first-order valence-corrected chi connectivity index (χ1v) is 10.8. The van der Waals surface area contributed by atoms with Crippen LogP contribution in [0.4, 0.5) is 0 Å². The highest BCUT2D eigenvalue weighted by atomic mass is 16.5. The van der Waals surface area contributed by atoms with E-state index >= 15 is 0 Å². The van der Waals surface area contributed by atoms with Gasteiger partial charge in [-0.15, -0.1) is 0 Å². The molecule has 0 spiro atoms. The molecule has 0 bridgehead atoms. The van der Waals surface area contributed by atoms with Crippen LogP contribution < -0.4 is 15.0 Å². The fraction of sp³-hybridized carbons (Fsp3) is 0.222. The third-order valence-electron chi connectivity index (χ3n) is 5.61. The highest BCUT2D eigenvalue weighted by molar-refractivity contribution is 5.82. The zero-order valence-corrected chi connectivity index (χ0v) is 19.5. The molecule has 0 amide bonds. The minimum Gasteiger partial charge on any atom is -0.497 e. The van der Waals surface area contributed by atoms with Gasteiger partial charge in [0.05, 0.1) is 31.3 Å². The smallest absolute Gasteiger partial charge is 0.282 e. The second-order valence-electron chi connectivity index (χ2n) is 8.15. The maximum atomic E-state index is 13.5. The fourth-order valence-corrected chi connectivity index (χ4v) is 3.82. The molecule has 0 saturated heterocycles. The van der Waals surface area contributed by atoms with Crippen LogP contribution in [0.5, 0.6) is 11.5 Å². The monoisotopic (exact) mass is 441 g/mol. The topological polar surface area (TPSA) is 65.7 Å². The van der Waals surface area contributed by atoms with E-state index in [4.69, 9.17) is 14.5 Å². The van der Waals surface area contributed by atoms with Crippen LogP contribution in [0.15, 0.2) is 70.6 Å². The summed E-state index contributed by atoms with van der Waals surface area (Å²) in [6, 6.07) is 18.9. The standard InChI is InChI=1S/C27H27N3O3/c1-17(2)22-15-23(18(3)13-25(22)33-5)26-29-24-12-7-6-11-21(24)27(31)30(26)28-16-19-9-8-10-20(14-19)32-4/h6-17H,1-5H3. The zero-order chi connectivity index (χ0) is 23.5. The van der Waals surface area contributed by atoms with Gasteiger partial charge >= 0.3 is 0 Å². The first kappa shape index (κ1) is 22.3. The van der Waals surface area contributed by atoms with E-state index in [-0.39, 0.29) is 11.5 Å². The molecule has 0 atom stereocenters. The lowest BCUT2D eigenvalue weighted by Gasteiger charge is -2.17. The molecule has 0 radical (unpaired) electrons. The molecule has 6 heteroatoms. The van der Waals surface area contributed by atoms with Gasteiger partial charge in [0.1, 0.15) is 11.5 Å². The van der Waals surface area contributed by atoms with Gasteiger partial charge in [-0.05, 0) is 65.9 Å². The summed E-state index contributed by atoms with van der Waals surface area (Å²) < 4.78 is 12.3. The molecule has 0 aliphatic rings. The Balaban J connectivity index is 1.98. The van der Waals surface area contributed by atoms with Crippen molar-refractivity contribution in [3.05, 3.63) is 87.7 Å². The molecule has 6 nitrogen and oxygen atoms in total. The number of aromatic nitrogens is 2. The lowest BCUT2D eigenvalue weighted by molar-refractivity contribution is 0.407. The molecule has 0 N–H and O–H groups in total. The summed E-state index contributed by atoms with van der Waals surface area (Å²) >= 11 is 0. The highest BCUT2D eigenvalue weighted by Gasteiger charge is 2.18. The lowest BCUT2D eigenvalue weighted by atomic mass is 9.96. The van der Waals surface area contributed by atoms with E-state index < -0.39 is 0 Å². The van der Waals surface area contributed by atoms with E-state index in [1.54, 1.807) is 26.5 Å². The molecule has 4 aromatic rings. The second kappa shape index (κ2) is 9.28. The molecule has 1 heterocycles. The summed E-state index contributed by atoms with van der Waals surface area (Å²) in [6.07, 6.45) is 1.64. The Kier molecular flexibility index (Phi) is 6.27. The van der Waals surface area contributed by atoms with Crippen molar-refractivity contribution < 1.29 is 9.47 Å². The third kappa shape index (κ3) is 4.37. The van der Waals surface area contributed by atoms with Crippen molar-refractivity contribution in [1.82, 2.24) is 9.66 Å². The SMILES string of the molecule is COc1cccc(C=Nn2c(-c3cc(C(C)C)c(OC)cc3C)nc3ccccc3c2=O)c1. The van der Waals surface area contributed by atoms with Crippen LogP contribution in [0.2, 0.25) is 0 Å². The van der Waals surface area contributed by atoms with Gasteiger partial charge in [-0.3, -0.25) is 4.79 Å². The van der Waals surface area contributed by atoms with E-state index in [2.05, 4.69) is 18.9 Å². The molecule has 4 rings (SSSR count). The Bertz CT molecular complexity index is 1400. The number of hydrogen-bond donors (Lipinski definition) is 0. The Morgan fingerprint density at radius 2 is 1.79 bits per heavy atom. The number of para-hydroxylation sites is 1.